The molecule has 2 unspecified atom stereocenters. The van der Waals surface area contributed by atoms with Gasteiger partial charge in [-0.05, 0) is 37.5 Å². The van der Waals surface area contributed by atoms with Crippen molar-refractivity contribution in [3.63, 3.8) is 0 Å². The zero-order valence-electron chi connectivity index (χ0n) is 10.9. The second kappa shape index (κ2) is 6.45. The van der Waals surface area contributed by atoms with Crippen molar-refractivity contribution in [1.82, 2.24) is 15.1 Å². The summed E-state index contributed by atoms with van der Waals surface area (Å²) >= 11 is 1.94. The summed E-state index contributed by atoms with van der Waals surface area (Å²) in [6, 6.07) is 0.773. The van der Waals surface area contributed by atoms with E-state index in [1.54, 1.807) is 0 Å². The van der Waals surface area contributed by atoms with Crippen molar-refractivity contribution in [3.05, 3.63) is 12.4 Å². The second-order valence-electron chi connectivity index (χ2n) is 4.84. The Labute approximate surface area is 108 Å². The van der Waals surface area contributed by atoms with Gasteiger partial charge in [0.05, 0.1) is 6.20 Å². The van der Waals surface area contributed by atoms with Gasteiger partial charge in [-0.1, -0.05) is 13.3 Å². The van der Waals surface area contributed by atoms with Crippen molar-refractivity contribution in [2.45, 2.75) is 43.5 Å². The van der Waals surface area contributed by atoms with E-state index in [1.165, 1.54) is 36.3 Å². The molecule has 1 saturated carbocycles. The fourth-order valence-corrected chi connectivity index (χ4v) is 3.72. The highest BCUT2D eigenvalue weighted by Crippen LogP contribution is 2.30. The molecule has 3 nitrogen and oxygen atoms in total. The SMILES string of the molecule is CCNC1CCCC1CCSc1cnn(C)c1. The van der Waals surface area contributed by atoms with Crippen LogP contribution in [0.4, 0.5) is 0 Å². The smallest absolute Gasteiger partial charge is 0.0625 e. The van der Waals surface area contributed by atoms with Gasteiger partial charge in [0.1, 0.15) is 0 Å². The van der Waals surface area contributed by atoms with Gasteiger partial charge in [-0.25, -0.2) is 0 Å². The minimum atomic E-state index is 0.773. The van der Waals surface area contributed by atoms with Crippen LogP contribution in [0.1, 0.15) is 32.6 Å². The Morgan fingerprint density at radius 1 is 1.53 bits per heavy atom. The molecule has 1 aliphatic carbocycles. The van der Waals surface area contributed by atoms with Crippen LogP contribution in [0.5, 0.6) is 0 Å². The third-order valence-corrected chi connectivity index (χ3v) is 4.55. The lowest BCUT2D eigenvalue weighted by atomic mass is 10.0. The summed E-state index contributed by atoms with van der Waals surface area (Å²) in [4.78, 5) is 1.30. The Hall–Kier alpha value is -0.480. The third-order valence-electron chi connectivity index (χ3n) is 3.56. The molecule has 2 atom stereocenters. The van der Waals surface area contributed by atoms with Crippen LogP contribution in [0, 0.1) is 5.92 Å². The minimum absolute atomic E-state index is 0.773. The number of rotatable bonds is 6. The maximum Gasteiger partial charge on any atom is 0.0625 e. The van der Waals surface area contributed by atoms with E-state index >= 15 is 0 Å². The molecule has 2 rings (SSSR count). The van der Waals surface area contributed by atoms with Crippen LogP contribution in [0.2, 0.25) is 0 Å². The molecule has 1 aromatic rings. The summed E-state index contributed by atoms with van der Waals surface area (Å²) < 4.78 is 1.87. The van der Waals surface area contributed by atoms with Crippen LogP contribution in [-0.4, -0.2) is 28.1 Å². The van der Waals surface area contributed by atoms with Crippen LogP contribution in [-0.2, 0) is 7.05 Å². The standard InChI is InChI=1S/C13H23N3S/c1-3-14-13-6-4-5-11(13)7-8-17-12-9-15-16(2)10-12/h9-11,13-14H,3-8H2,1-2H3. The Kier molecular flexibility index (Phi) is 4.92. The average Bonchev–Trinajstić information content (AvgIpc) is 2.90. The molecule has 0 aliphatic heterocycles. The first-order valence-electron chi connectivity index (χ1n) is 6.64. The Balaban J connectivity index is 1.70. The molecule has 4 heteroatoms. The number of hydrogen-bond donors (Lipinski definition) is 1. The number of aryl methyl sites for hydroxylation is 1. The maximum atomic E-state index is 4.19. The van der Waals surface area contributed by atoms with Gasteiger partial charge < -0.3 is 5.32 Å². The molecule has 1 heterocycles. The summed E-state index contributed by atoms with van der Waals surface area (Å²) in [5.74, 6) is 2.11. The van der Waals surface area contributed by atoms with E-state index in [1.807, 2.05) is 29.7 Å². The van der Waals surface area contributed by atoms with Crippen molar-refractivity contribution in [1.29, 1.82) is 0 Å². The molecule has 0 aromatic carbocycles. The van der Waals surface area contributed by atoms with E-state index < -0.39 is 0 Å². The second-order valence-corrected chi connectivity index (χ2v) is 6.01. The fourth-order valence-electron chi connectivity index (χ4n) is 2.71. The van der Waals surface area contributed by atoms with E-state index in [-0.39, 0.29) is 0 Å². The Morgan fingerprint density at radius 2 is 2.41 bits per heavy atom. The maximum absolute atomic E-state index is 4.19. The average molecular weight is 253 g/mol. The summed E-state index contributed by atoms with van der Waals surface area (Å²) in [5.41, 5.74) is 0. The molecular weight excluding hydrogens is 230 g/mol. The number of aromatic nitrogens is 2. The first-order chi connectivity index (χ1) is 8.29. The van der Waals surface area contributed by atoms with Crippen molar-refractivity contribution >= 4 is 11.8 Å². The van der Waals surface area contributed by atoms with Gasteiger partial charge >= 0.3 is 0 Å². The first-order valence-corrected chi connectivity index (χ1v) is 7.63. The number of nitrogens with zero attached hydrogens (tertiary/aromatic N) is 2. The highest BCUT2D eigenvalue weighted by molar-refractivity contribution is 7.99. The summed E-state index contributed by atoms with van der Waals surface area (Å²) in [6.07, 6.45) is 9.57. The molecule has 1 fully saturated rings. The third kappa shape index (κ3) is 3.75. The summed E-state index contributed by atoms with van der Waals surface area (Å²) in [7, 11) is 1.97. The van der Waals surface area contributed by atoms with Crippen LogP contribution >= 0.6 is 11.8 Å². The largest absolute Gasteiger partial charge is 0.314 e. The van der Waals surface area contributed by atoms with Crippen LogP contribution in [0.25, 0.3) is 0 Å². The van der Waals surface area contributed by atoms with Crippen molar-refractivity contribution in [2.75, 3.05) is 12.3 Å². The Morgan fingerprint density at radius 3 is 3.12 bits per heavy atom. The summed E-state index contributed by atoms with van der Waals surface area (Å²) in [6.45, 7) is 3.32. The summed E-state index contributed by atoms with van der Waals surface area (Å²) in [5, 5.41) is 7.82. The molecule has 0 amide bonds. The van der Waals surface area contributed by atoms with E-state index in [2.05, 4.69) is 23.5 Å². The molecule has 1 N–H and O–H groups in total. The first kappa shape index (κ1) is 13.0. The molecule has 0 radical (unpaired) electrons. The molecule has 1 aliphatic rings. The highest BCUT2D eigenvalue weighted by Gasteiger charge is 2.25. The molecule has 0 saturated heterocycles. The van der Waals surface area contributed by atoms with Gasteiger partial charge in [0.2, 0.25) is 0 Å². The zero-order chi connectivity index (χ0) is 12.1. The van der Waals surface area contributed by atoms with E-state index in [4.69, 9.17) is 0 Å². The van der Waals surface area contributed by atoms with Gasteiger partial charge in [-0.15, -0.1) is 11.8 Å². The van der Waals surface area contributed by atoms with Gasteiger partial charge in [0.25, 0.3) is 0 Å². The van der Waals surface area contributed by atoms with Crippen molar-refractivity contribution < 1.29 is 0 Å². The highest BCUT2D eigenvalue weighted by atomic mass is 32.2. The lowest BCUT2D eigenvalue weighted by molar-refractivity contribution is 0.400. The number of hydrogen-bond acceptors (Lipinski definition) is 3. The van der Waals surface area contributed by atoms with Crippen molar-refractivity contribution in [2.24, 2.45) is 13.0 Å². The predicted octanol–water partition coefficient (Wildman–Crippen LogP) is 2.68. The molecule has 17 heavy (non-hydrogen) atoms. The molecule has 1 aromatic heterocycles. The lowest BCUT2D eigenvalue weighted by Gasteiger charge is -2.19. The Bertz CT molecular complexity index is 337. The van der Waals surface area contributed by atoms with E-state index in [9.17, 15) is 0 Å². The number of thioether (sulfide) groups is 1. The molecule has 96 valence electrons. The van der Waals surface area contributed by atoms with E-state index in [0.717, 1.165) is 18.5 Å². The monoisotopic (exact) mass is 253 g/mol. The fraction of sp³-hybridized carbons (Fsp3) is 0.769. The molecular formula is C13H23N3S. The minimum Gasteiger partial charge on any atom is -0.314 e. The van der Waals surface area contributed by atoms with E-state index in [0.29, 0.717) is 0 Å². The van der Waals surface area contributed by atoms with Gasteiger partial charge in [-0.3, -0.25) is 4.68 Å². The lowest BCUT2D eigenvalue weighted by Crippen LogP contribution is -2.32. The van der Waals surface area contributed by atoms with Crippen LogP contribution < -0.4 is 5.32 Å². The van der Waals surface area contributed by atoms with Crippen LogP contribution in [0.3, 0.4) is 0 Å². The predicted molar refractivity (Wildman–Crippen MR) is 73.4 cm³/mol. The van der Waals surface area contributed by atoms with Gasteiger partial charge in [0.15, 0.2) is 0 Å². The molecule has 0 spiro atoms. The van der Waals surface area contributed by atoms with Gasteiger partial charge in [0, 0.05) is 24.2 Å². The topological polar surface area (TPSA) is 29.9 Å². The van der Waals surface area contributed by atoms with Crippen molar-refractivity contribution in [3.8, 4) is 0 Å². The quantitative estimate of drug-likeness (QED) is 0.791. The number of nitrogens with one attached hydrogen (secondary N) is 1. The molecule has 0 bridgehead atoms. The normalized spacial score (nSPS) is 24.4. The zero-order valence-corrected chi connectivity index (χ0v) is 11.7. The van der Waals surface area contributed by atoms with Crippen LogP contribution in [0.15, 0.2) is 17.3 Å². The van der Waals surface area contributed by atoms with Gasteiger partial charge in [-0.2, -0.15) is 5.10 Å².